The van der Waals surface area contributed by atoms with Crippen molar-refractivity contribution >= 4 is 29.2 Å². The van der Waals surface area contributed by atoms with Gasteiger partial charge in [-0.25, -0.2) is 4.79 Å². The Balaban J connectivity index is 2.30. The molecule has 0 aliphatic carbocycles. The predicted octanol–water partition coefficient (Wildman–Crippen LogP) is 2.33. The fraction of sp³-hybridized carbons (Fsp3) is 0.0769. The highest BCUT2D eigenvalue weighted by Gasteiger charge is 2.14. The van der Waals surface area contributed by atoms with Gasteiger partial charge in [0.1, 0.15) is 11.4 Å². The SMILES string of the molecule is Cn1cc(Cl)cc1C(=O)Nc1cc(C(=O)O)ccc1O. The van der Waals surface area contributed by atoms with Gasteiger partial charge in [0.25, 0.3) is 5.91 Å². The van der Waals surface area contributed by atoms with Crippen molar-refractivity contribution in [1.29, 1.82) is 0 Å². The van der Waals surface area contributed by atoms with Gasteiger partial charge in [-0.2, -0.15) is 0 Å². The van der Waals surface area contributed by atoms with Gasteiger partial charge in [0.2, 0.25) is 0 Å². The molecule has 1 heterocycles. The molecule has 2 rings (SSSR count). The zero-order valence-electron chi connectivity index (χ0n) is 10.4. The second-order valence-electron chi connectivity index (χ2n) is 4.15. The number of anilines is 1. The number of nitrogens with zero attached hydrogens (tertiary/aromatic N) is 1. The fourth-order valence-electron chi connectivity index (χ4n) is 1.71. The van der Waals surface area contributed by atoms with E-state index in [0.29, 0.717) is 5.02 Å². The zero-order valence-corrected chi connectivity index (χ0v) is 11.2. The molecule has 20 heavy (non-hydrogen) atoms. The molecule has 0 radical (unpaired) electrons. The highest BCUT2D eigenvalue weighted by atomic mass is 35.5. The second kappa shape index (κ2) is 5.26. The van der Waals surface area contributed by atoms with E-state index in [-0.39, 0.29) is 22.7 Å². The summed E-state index contributed by atoms with van der Waals surface area (Å²) in [4.78, 5) is 22.9. The van der Waals surface area contributed by atoms with Crippen molar-refractivity contribution in [2.24, 2.45) is 7.05 Å². The van der Waals surface area contributed by atoms with E-state index in [1.54, 1.807) is 13.2 Å². The number of hydrogen-bond donors (Lipinski definition) is 3. The monoisotopic (exact) mass is 294 g/mol. The van der Waals surface area contributed by atoms with Crippen molar-refractivity contribution in [3.8, 4) is 5.75 Å². The highest BCUT2D eigenvalue weighted by Crippen LogP contribution is 2.25. The zero-order chi connectivity index (χ0) is 14.9. The summed E-state index contributed by atoms with van der Waals surface area (Å²) in [6.07, 6.45) is 1.56. The number of carbonyl (C=O) groups excluding carboxylic acids is 1. The number of aromatic nitrogens is 1. The third-order valence-electron chi connectivity index (χ3n) is 2.70. The topological polar surface area (TPSA) is 91.6 Å². The molecule has 0 fully saturated rings. The Kier molecular flexibility index (Phi) is 3.67. The van der Waals surface area contributed by atoms with Gasteiger partial charge < -0.3 is 20.1 Å². The molecular weight excluding hydrogens is 284 g/mol. The van der Waals surface area contributed by atoms with Crippen LogP contribution < -0.4 is 5.32 Å². The minimum Gasteiger partial charge on any atom is -0.506 e. The molecular formula is C13H11ClN2O4. The Morgan fingerprint density at radius 3 is 2.55 bits per heavy atom. The number of halogens is 1. The van der Waals surface area contributed by atoms with Gasteiger partial charge >= 0.3 is 5.97 Å². The van der Waals surface area contributed by atoms with Crippen molar-refractivity contribution in [2.45, 2.75) is 0 Å². The quantitative estimate of drug-likeness (QED) is 0.758. The third kappa shape index (κ3) is 2.75. The van der Waals surface area contributed by atoms with Crippen LogP contribution in [0.25, 0.3) is 0 Å². The maximum Gasteiger partial charge on any atom is 0.335 e. The van der Waals surface area contributed by atoms with E-state index >= 15 is 0 Å². The molecule has 1 aromatic carbocycles. The number of nitrogens with one attached hydrogen (secondary N) is 1. The number of phenolic OH excluding ortho intramolecular Hbond substituents is 1. The van der Waals surface area contributed by atoms with Crippen LogP contribution >= 0.6 is 11.6 Å². The van der Waals surface area contributed by atoms with Gasteiger partial charge in [-0.15, -0.1) is 0 Å². The molecule has 6 nitrogen and oxygen atoms in total. The Morgan fingerprint density at radius 2 is 2.00 bits per heavy atom. The van der Waals surface area contributed by atoms with Crippen LogP contribution in [-0.2, 0) is 7.05 Å². The van der Waals surface area contributed by atoms with Crippen LogP contribution in [0.15, 0.2) is 30.5 Å². The number of carboxylic acid groups (broad SMARTS) is 1. The first-order valence-corrected chi connectivity index (χ1v) is 5.96. The first kappa shape index (κ1) is 14.0. The third-order valence-corrected chi connectivity index (χ3v) is 2.90. The maximum atomic E-state index is 12.0. The minimum atomic E-state index is -1.15. The smallest absolute Gasteiger partial charge is 0.335 e. The summed E-state index contributed by atoms with van der Waals surface area (Å²) in [5.74, 6) is -1.87. The van der Waals surface area contributed by atoms with Crippen molar-refractivity contribution in [3.05, 3.63) is 46.7 Å². The van der Waals surface area contributed by atoms with Crippen LogP contribution in [0.5, 0.6) is 5.75 Å². The average Bonchev–Trinajstić information content (AvgIpc) is 2.71. The minimum absolute atomic E-state index is 0.0206. The largest absolute Gasteiger partial charge is 0.506 e. The number of benzene rings is 1. The van der Waals surface area contributed by atoms with Gasteiger partial charge in [-0.1, -0.05) is 11.6 Å². The molecule has 1 amide bonds. The van der Waals surface area contributed by atoms with Crippen LogP contribution in [0.1, 0.15) is 20.8 Å². The van der Waals surface area contributed by atoms with Crippen LogP contribution in [-0.4, -0.2) is 26.7 Å². The van der Waals surface area contributed by atoms with E-state index in [0.717, 1.165) is 0 Å². The Labute approximate surface area is 119 Å². The molecule has 0 aliphatic heterocycles. The van der Waals surface area contributed by atoms with Crippen LogP contribution in [0.3, 0.4) is 0 Å². The Bertz CT molecular complexity index is 694. The molecule has 104 valence electrons. The molecule has 0 spiro atoms. The lowest BCUT2D eigenvalue weighted by Gasteiger charge is -2.08. The molecule has 0 saturated carbocycles. The van der Waals surface area contributed by atoms with Gasteiger partial charge in [-0.3, -0.25) is 4.79 Å². The van der Waals surface area contributed by atoms with Gasteiger partial charge in [0, 0.05) is 13.2 Å². The molecule has 0 saturated heterocycles. The van der Waals surface area contributed by atoms with Crippen molar-refractivity contribution in [1.82, 2.24) is 4.57 Å². The number of aromatic hydroxyl groups is 1. The summed E-state index contributed by atoms with van der Waals surface area (Å²) in [5.41, 5.74) is 0.269. The van der Waals surface area contributed by atoms with Gasteiger partial charge in [0.15, 0.2) is 0 Å². The van der Waals surface area contributed by atoms with Crippen molar-refractivity contribution in [2.75, 3.05) is 5.32 Å². The van der Waals surface area contributed by atoms with Crippen LogP contribution in [0, 0.1) is 0 Å². The van der Waals surface area contributed by atoms with E-state index in [2.05, 4.69) is 5.32 Å². The van der Waals surface area contributed by atoms with E-state index < -0.39 is 11.9 Å². The standard InChI is InChI=1S/C13H11ClN2O4/c1-16-6-8(14)5-10(16)12(18)15-9-4-7(13(19)20)2-3-11(9)17/h2-6,17H,1H3,(H,15,18)(H,19,20). The number of hydrogen-bond acceptors (Lipinski definition) is 3. The summed E-state index contributed by atoms with van der Waals surface area (Å²) in [7, 11) is 1.65. The van der Waals surface area contributed by atoms with Gasteiger partial charge in [0.05, 0.1) is 16.3 Å². The van der Waals surface area contributed by atoms with E-state index in [1.807, 2.05) is 0 Å². The molecule has 0 aliphatic rings. The van der Waals surface area contributed by atoms with Gasteiger partial charge in [-0.05, 0) is 24.3 Å². The molecule has 3 N–H and O–H groups in total. The summed E-state index contributed by atoms with van der Waals surface area (Å²) < 4.78 is 1.52. The summed E-state index contributed by atoms with van der Waals surface area (Å²) in [6, 6.07) is 5.10. The number of aromatic carboxylic acids is 1. The molecule has 2 aromatic rings. The predicted molar refractivity (Wildman–Crippen MR) is 73.4 cm³/mol. The Hall–Kier alpha value is -2.47. The number of phenols is 1. The molecule has 0 bridgehead atoms. The lowest BCUT2D eigenvalue weighted by atomic mass is 10.2. The number of carboxylic acids is 1. The second-order valence-corrected chi connectivity index (χ2v) is 4.58. The number of amides is 1. The first-order chi connectivity index (χ1) is 9.38. The first-order valence-electron chi connectivity index (χ1n) is 5.58. The lowest BCUT2D eigenvalue weighted by molar-refractivity contribution is 0.0696. The maximum absolute atomic E-state index is 12.0. The van der Waals surface area contributed by atoms with E-state index in [4.69, 9.17) is 16.7 Å². The number of rotatable bonds is 3. The molecule has 0 unspecified atom stereocenters. The number of carbonyl (C=O) groups is 2. The summed E-state index contributed by atoms with van der Waals surface area (Å²) in [6.45, 7) is 0. The van der Waals surface area contributed by atoms with Crippen LogP contribution in [0.4, 0.5) is 5.69 Å². The lowest BCUT2D eigenvalue weighted by Crippen LogP contribution is -2.15. The Morgan fingerprint density at radius 1 is 1.30 bits per heavy atom. The number of aryl methyl sites for hydroxylation is 1. The normalized spacial score (nSPS) is 10.3. The highest BCUT2D eigenvalue weighted by molar-refractivity contribution is 6.31. The summed E-state index contributed by atoms with van der Waals surface area (Å²) >= 11 is 5.78. The van der Waals surface area contributed by atoms with E-state index in [1.165, 1.54) is 28.8 Å². The van der Waals surface area contributed by atoms with Crippen LogP contribution in [0.2, 0.25) is 5.02 Å². The molecule has 7 heteroatoms. The average molecular weight is 295 g/mol. The summed E-state index contributed by atoms with van der Waals surface area (Å²) in [5, 5.41) is 21.4. The fourth-order valence-corrected chi connectivity index (χ4v) is 1.96. The molecule has 1 aromatic heterocycles. The van der Waals surface area contributed by atoms with Crippen molar-refractivity contribution < 1.29 is 19.8 Å². The molecule has 0 atom stereocenters. The van der Waals surface area contributed by atoms with Crippen molar-refractivity contribution in [3.63, 3.8) is 0 Å². The van der Waals surface area contributed by atoms with E-state index in [9.17, 15) is 14.7 Å².